The van der Waals surface area contributed by atoms with E-state index in [9.17, 15) is 0 Å². The highest BCUT2D eigenvalue weighted by molar-refractivity contribution is 7.12. The van der Waals surface area contributed by atoms with Crippen LogP contribution in [0.25, 0.3) is 0 Å². The maximum Gasteiger partial charge on any atom is 0.0484 e. The summed E-state index contributed by atoms with van der Waals surface area (Å²) in [7, 11) is 4.37. The largest absolute Gasteiger partial charge is 0.381 e. The average Bonchev–Trinajstić information content (AvgIpc) is 2.83. The molecule has 1 fully saturated rings. The van der Waals surface area contributed by atoms with Gasteiger partial charge in [-0.05, 0) is 52.9 Å². The molecule has 1 aliphatic heterocycles. The Hall–Kier alpha value is -0.420. The number of ether oxygens (including phenoxy) is 1. The molecule has 19 heavy (non-hydrogen) atoms. The summed E-state index contributed by atoms with van der Waals surface area (Å²) < 4.78 is 5.52. The maximum absolute atomic E-state index is 5.52. The molecule has 0 radical (unpaired) electrons. The summed E-state index contributed by atoms with van der Waals surface area (Å²) >= 11 is 1.89. The molecule has 0 aromatic carbocycles. The third-order valence-electron chi connectivity index (χ3n) is 4.30. The van der Waals surface area contributed by atoms with Crippen LogP contribution in [0.3, 0.4) is 0 Å². The summed E-state index contributed by atoms with van der Waals surface area (Å²) in [6.45, 7) is 7.22. The van der Waals surface area contributed by atoms with E-state index in [1.807, 2.05) is 11.3 Å². The summed E-state index contributed by atoms with van der Waals surface area (Å²) in [6.07, 6.45) is 2.23. The fourth-order valence-electron chi connectivity index (χ4n) is 2.66. The van der Waals surface area contributed by atoms with E-state index >= 15 is 0 Å². The number of rotatable bonds is 5. The smallest absolute Gasteiger partial charge is 0.0484 e. The fourth-order valence-corrected chi connectivity index (χ4v) is 3.57. The number of aryl methyl sites for hydroxylation is 1. The lowest BCUT2D eigenvalue weighted by Crippen LogP contribution is -2.55. The zero-order valence-corrected chi connectivity index (χ0v) is 13.3. The number of nitrogens with zero attached hydrogens (tertiary/aromatic N) is 1. The van der Waals surface area contributed by atoms with E-state index in [4.69, 9.17) is 4.74 Å². The first-order valence-corrected chi connectivity index (χ1v) is 7.90. The Morgan fingerprint density at radius 1 is 1.37 bits per heavy atom. The Kier molecular flexibility index (Phi) is 5.01. The lowest BCUT2D eigenvalue weighted by Gasteiger charge is -2.43. The van der Waals surface area contributed by atoms with Crippen LogP contribution in [-0.2, 0) is 4.74 Å². The highest BCUT2D eigenvalue weighted by Crippen LogP contribution is 2.27. The Morgan fingerprint density at radius 3 is 2.58 bits per heavy atom. The second-order valence-electron chi connectivity index (χ2n) is 5.78. The molecule has 1 saturated heterocycles. The van der Waals surface area contributed by atoms with Crippen molar-refractivity contribution >= 4 is 11.3 Å². The standard InChI is InChI=1S/C15H26N2OS/c1-12-5-6-14(19-12)13(2)16-11-15(17(3)4)7-9-18-10-8-15/h5-6,13,16H,7-11H2,1-4H3/t13-/m0/s1. The van der Waals surface area contributed by atoms with E-state index in [1.165, 1.54) is 9.75 Å². The summed E-state index contributed by atoms with van der Waals surface area (Å²) in [5, 5.41) is 3.72. The molecule has 1 atom stereocenters. The number of likely N-dealkylation sites (N-methyl/N-ethyl adjacent to an activating group) is 1. The molecule has 3 nitrogen and oxygen atoms in total. The molecule has 0 spiro atoms. The zero-order valence-electron chi connectivity index (χ0n) is 12.5. The SMILES string of the molecule is Cc1ccc([C@H](C)NCC2(N(C)C)CCOCC2)s1. The topological polar surface area (TPSA) is 24.5 Å². The predicted octanol–water partition coefficient (Wildman–Crippen LogP) is 2.82. The van der Waals surface area contributed by atoms with Gasteiger partial charge >= 0.3 is 0 Å². The Bertz CT molecular complexity index is 397. The van der Waals surface area contributed by atoms with Crippen LogP contribution in [0.15, 0.2) is 12.1 Å². The molecule has 2 rings (SSSR count). The van der Waals surface area contributed by atoms with Crippen LogP contribution in [0.1, 0.15) is 35.6 Å². The monoisotopic (exact) mass is 282 g/mol. The minimum absolute atomic E-state index is 0.249. The van der Waals surface area contributed by atoms with Gasteiger partial charge in [0.2, 0.25) is 0 Å². The zero-order chi connectivity index (χ0) is 13.9. The summed E-state index contributed by atoms with van der Waals surface area (Å²) in [5.74, 6) is 0. The molecular formula is C15H26N2OS. The van der Waals surface area contributed by atoms with Crippen molar-refractivity contribution in [1.82, 2.24) is 10.2 Å². The minimum atomic E-state index is 0.249. The summed E-state index contributed by atoms with van der Waals surface area (Å²) in [5.41, 5.74) is 0.249. The minimum Gasteiger partial charge on any atom is -0.381 e. The number of hydrogen-bond donors (Lipinski definition) is 1. The van der Waals surface area contributed by atoms with Crippen LogP contribution in [0.2, 0.25) is 0 Å². The van der Waals surface area contributed by atoms with Crippen molar-refractivity contribution in [3.8, 4) is 0 Å². The lowest BCUT2D eigenvalue weighted by molar-refractivity contribution is -0.00802. The van der Waals surface area contributed by atoms with E-state index in [1.54, 1.807) is 0 Å². The fraction of sp³-hybridized carbons (Fsp3) is 0.733. The van der Waals surface area contributed by atoms with Gasteiger partial charge in [-0.2, -0.15) is 0 Å². The van der Waals surface area contributed by atoms with E-state index < -0.39 is 0 Å². The van der Waals surface area contributed by atoms with Gasteiger partial charge in [-0.25, -0.2) is 0 Å². The molecule has 1 aromatic heterocycles. The van der Waals surface area contributed by atoms with Crippen LogP contribution in [0.4, 0.5) is 0 Å². The van der Waals surface area contributed by atoms with Gasteiger partial charge < -0.3 is 15.0 Å². The number of thiophene rings is 1. The van der Waals surface area contributed by atoms with Crippen molar-refractivity contribution in [2.45, 2.75) is 38.3 Å². The van der Waals surface area contributed by atoms with E-state index in [-0.39, 0.29) is 5.54 Å². The molecule has 1 aliphatic rings. The Balaban J connectivity index is 1.95. The third kappa shape index (κ3) is 3.57. The lowest BCUT2D eigenvalue weighted by atomic mass is 9.88. The normalized spacial score (nSPS) is 20.7. The van der Waals surface area contributed by atoms with Gasteiger partial charge in [0.05, 0.1) is 0 Å². The quantitative estimate of drug-likeness (QED) is 0.899. The van der Waals surface area contributed by atoms with Gasteiger partial charge in [-0.3, -0.25) is 0 Å². The van der Waals surface area contributed by atoms with Gasteiger partial charge in [0.15, 0.2) is 0 Å². The molecule has 108 valence electrons. The van der Waals surface area contributed by atoms with Crippen LogP contribution >= 0.6 is 11.3 Å². The molecule has 0 unspecified atom stereocenters. The highest BCUT2D eigenvalue weighted by atomic mass is 32.1. The van der Waals surface area contributed by atoms with Gasteiger partial charge in [0.1, 0.15) is 0 Å². The van der Waals surface area contributed by atoms with Crippen LogP contribution in [-0.4, -0.2) is 44.3 Å². The first-order chi connectivity index (χ1) is 9.03. The molecule has 0 saturated carbocycles. The number of nitrogens with one attached hydrogen (secondary N) is 1. The van der Waals surface area contributed by atoms with Crippen molar-refractivity contribution in [2.75, 3.05) is 33.9 Å². The third-order valence-corrected chi connectivity index (χ3v) is 5.48. The highest BCUT2D eigenvalue weighted by Gasteiger charge is 2.34. The molecule has 2 heterocycles. The van der Waals surface area contributed by atoms with Crippen LogP contribution in [0, 0.1) is 6.92 Å². The molecule has 0 aliphatic carbocycles. The molecule has 0 bridgehead atoms. The molecule has 0 amide bonds. The Morgan fingerprint density at radius 2 is 2.05 bits per heavy atom. The van der Waals surface area contributed by atoms with Crippen molar-refractivity contribution in [3.05, 3.63) is 21.9 Å². The predicted molar refractivity (Wildman–Crippen MR) is 81.9 cm³/mol. The molecule has 4 heteroatoms. The second-order valence-corrected chi connectivity index (χ2v) is 7.10. The van der Waals surface area contributed by atoms with Crippen molar-refractivity contribution in [2.24, 2.45) is 0 Å². The van der Waals surface area contributed by atoms with E-state index in [0.717, 1.165) is 32.6 Å². The van der Waals surface area contributed by atoms with Crippen molar-refractivity contribution in [1.29, 1.82) is 0 Å². The van der Waals surface area contributed by atoms with Crippen LogP contribution in [0.5, 0.6) is 0 Å². The van der Waals surface area contributed by atoms with Crippen molar-refractivity contribution in [3.63, 3.8) is 0 Å². The van der Waals surface area contributed by atoms with E-state index in [2.05, 4.69) is 50.3 Å². The van der Waals surface area contributed by atoms with Gasteiger partial charge in [0, 0.05) is 41.1 Å². The first-order valence-electron chi connectivity index (χ1n) is 7.08. The maximum atomic E-state index is 5.52. The van der Waals surface area contributed by atoms with Gasteiger partial charge in [-0.1, -0.05) is 0 Å². The van der Waals surface area contributed by atoms with Gasteiger partial charge in [0.25, 0.3) is 0 Å². The average molecular weight is 282 g/mol. The first kappa shape index (κ1) is 15.0. The molecular weight excluding hydrogens is 256 g/mol. The molecule has 1 N–H and O–H groups in total. The van der Waals surface area contributed by atoms with Gasteiger partial charge in [-0.15, -0.1) is 11.3 Å². The number of hydrogen-bond acceptors (Lipinski definition) is 4. The summed E-state index contributed by atoms with van der Waals surface area (Å²) in [4.78, 5) is 5.19. The Labute approximate surface area is 121 Å². The second kappa shape index (κ2) is 6.35. The summed E-state index contributed by atoms with van der Waals surface area (Å²) in [6, 6.07) is 4.87. The van der Waals surface area contributed by atoms with E-state index in [0.29, 0.717) is 6.04 Å². The molecule has 1 aromatic rings. The van der Waals surface area contributed by atoms with Crippen LogP contribution < -0.4 is 5.32 Å². The van der Waals surface area contributed by atoms with Crippen molar-refractivity contribution < 1.29 is 4.74 Å².